The lowest BCUT2D eigenvalue weighted by atomic mass is 9.30. The molecule has 1 aromatic heterocycles. The molecule has 0 bridgehead atoms. The Morgan fingerprint density at radius 1 is 0.272 bits per heavy atom. The molecular weight excluding hydrogens is 1250 g/mol. The summed E-state index contributed by atoms with van der Waals surface area (Å²) in [5.41, 5.74) is 34.8. The zero-order chi connectivity index (χ0) is 72.1. The number of furan rings is 1. The predicted octanol–water partition coefficient (Wildman–Crippen LogP) is 22.7. The van der Waals surface area contributed by atoms with Crippen molar-refractivity contribution in [1.29, 1.82) is 0 Å². The van der Waals surface area contributed by atoms with Gasteiger partial charge in [0.05, 0.1) is 17.1 Å². The van der Waals surface area contributed by atoms with Gasteiger partial charge in [-0.2, -0.15) is 0 Å². The molecule has 12 aromatic rings. The molecule has 0 atom stereocenters. The van der Waals surface area contributed by atoms with Crippen LogP contribution in [0.25, 0.3) is 22.6 Å². The van der Waals surface area contributed by atoms with E-state index < -0.39 is 0 Å². The zero-order valence-electron chi connectivity index (χ0n) is 63.7. The molecule has 6 nitrogen and oxygen atoms in total. The summed E-state index contributed by atoms with van der Waals surface area (Å²) in [6, 6.07) is 88.9. The van der Waals surface area contributed by atoms with Gasteiger partial charge in [-0.1, -0.05) is 270 Å². The van der Waals surface area contributed by atoms with Gasteiger partial charge in [0, 0.05) is 68.0 Å². The number of hydrogen-bond acceptors (Lipinski definition) is 6. The van der Waals surface area contributed by atoms with Crippen LogP contribution >= 0.6 is 0 Å². The summed E-state index contributed by atoms with van der Waals surface area (Å²) in [6.45, 7) is 44.5. The minimum atomic E-state index is -0.215. The third kappa shape index (κ3) is 10.6. The van der Waals surface area contributed by atoms with Gasteiger partial charge < -0.3 is 28.9 Å². The average Bonchev–Trinajstić information content (AvgIpc) is 1.64. The first-order valence-electron chi connectivity index (χ1n) is 37.3. The van der Waals surface area contributed by atoms with E-state index in [0.29, 0.717) is 0 Å². The summed E-state index contributed by atoms with van der Waals surface area (Å²) in [6.07, 6.45) is 0. The van der Waals surface area contributed by atoms with Crippen LogP contribution in [0.15, 0.2) is 235 Å². The van der Waals surface area contributed by atoms with Gasteiger partial charge in [-0.3, -0.25) is 0 Å². The topological polar surface area (TPSA) is 29.3 Å². The van der Waals surface area contributed by atoms with Crippen molar-refractivity contribution in [2.45, 2.75) is 164 Å². The molecule has 0 unspecified atom stereocenters. The quantitative estimate of drug-likeness (QED) is 0.148. The molecule has 103 heavy (non-hydrogen) atoms. The van der Waals surface area contributed by atoms with Crippen molar-refractivity contribution in [2.75, 3.05) is 24.5 Å². The Labute approximate surface area is 612 Å². The van der Waals surface area contributed by atoms with Gasteiger partial charge in [-0.25, -0.2) is 0 Å². The SMILES string of the molecule is Cc1cc2c3c(c1)N1c4c(ccc5c4N(c4cc(N(c6ccccc6)c6ccccc6)cc6c4B5c4cc(C(C)(C)C)ccc4N6c4cc(C(C)(C)C)cc(C(C)(C)C)c4)c4c(-c5ccccc5)oc(-c5ccccc5)c41)B3c1ccc(C(C)(C)C)cc1N2c1cc(C(C)(C)C)cc(C(C)(C)C)c1. The Hall–Kier alpha value is -10.2. The Bertz CT molecular complexity index is 5330. The van der Waals surface area contributed by atoms with Crippen LogP contribution < -0.4 is 57.3 Å². The summed E-state index contributed by atoms with van der Waals surface area (Å²) in [5.74, 6) is 1.63. The van der Waals surface area contributed by atoms with Crippen LogP contribution in [0.3, 0.4) is 0 Å². The summed E-state index contributed by atoms with van der Waals surface area (Å²) >= 11 is 0. The smallest absolute Gasteiger partial charge is 0.252 e. The Morgan fingerprint density at radius 3 is 1.05 bits per heavy atom. The summed E-state index contributed by atoms with van der Waals surface area (Å²) in [5, 5.41) is 0. The van der Waals surface area contributed by atoms with Crippen LogP contribution in [0, 0.1) is 6.92 Å². The van der Waals surface area contributed by atoms with E-state index in [1.807, 2.05) is 0 Å². The predicted molar refractivity (Wildman–Crippen MR) is 443 cm³/mol. The molecule has 0 saturated heterocycles. The molecule has 0 fully saturated rings. The molecule has 17 rings (SSSR count). The molecule has 11 aromatic carbocycles. The van der Waals surface area contributed by atoms with Gasteiger partial charge in [-0.05, 0) is 196 Å². The second kappa shape index (κ2) is 22.9. The lowest BCUT2D eigenvalue weighted by molar-refractivity contribution is 0.568. The first-order valence-corrected chi connectivity index (χ1v) is 37.3. The molecule has 5 aliphatic rings. The average molecular weight is 1340 g/mol. The molecule has 5 aliphatic heterocycles. The minimum Gasteiger partial charge on any atom is -0.452 e. The number of aryl methyl sites for hydroxylation is 1. The van der Waals surface area contributed by atoms with Crippen molar-refractivity contribution in [3.63, 3.8) is 0 Å². The lowest BCUT2D eigenvalue weighted by Gasteiger charge is -2.52. The number of benzene rings is 11. The number of hydrogen-bond donors (Lipinski definition) is 0. The Morgan fingerprint density at radius 2 is 0.621 bits per heavy atom. The van der Waals surface area contributed by atoms with Crippen molar-refractivity contribution in [2.24, 2.45) is 0 Å². The van der Waals surface area contributed by atoms with E-state index in [1.165, 1.54) is 106 Å². The van der Waals surface area contributed by atoms with Gasteiger partial charge in [0.15, 0.2) is 11.5 Å². The van der Waals surface area contributed by atoms with Crippen LogP contribution in [0.5, 0.6) is 0 Å². The highest BCUT2D eigenvalue weighted by Gasteiger charge is 2.55. The minimum absolute atomic E-state index is 0.115. The first kappa shape index (κ1) is 66.1. The van der Waals surface area contributed by atoms with Crippen LogP contribution in [-0.2, 0) is 32.5 Å². The maximum absolute atomic E-state index is 7.99. The van der Waals surface area contributed by atoms with E-state index in [4.69, 9.17) is 4.42 Å². The third-order valence-corrected chi connectivity index (χ3v) is 22.6. The molecule has 6 heterocycles. The van der Waals surface area contributed by atoms with Crippen molar-refractivity contribution < 1.29 is 4.42 Å². The maximum atomic E-state index is 7.99. The monoisotopic (exact) mass is 1340 g/mol. The number of anilines is 15. The molecule has 0 saturated carbocycles. The van der Waals surface area contributed by atoms with E-state index in [1.54, 1.807) is 0 Å². The van der Waals surface area contributed by atoms with Crippen molar-refractivity contribution >= 4 is 132 Å². The summed E-state index contributed by atoms with van der Waals surface area (Å²) in [7, 11) is 0. The zero-order valence-corrected chi connectivity index (χ0v) is 63.7. The molecule has 0 aliphatic carbocycles. The summed E-state index contributed by atoms with van der Waals surface area (Å²) in [4.78, 5) is 13.2. The normalized spacial score (nSPS) is 14.2. The Balaban J connectivity index is 1.06. The van der Waals surface area contributed by atoms with Gasteiger partial charge in [0.25, 0.3) is 13.4 Å². The lowest BCUT2D eigenvalue weighted by Crippen LogP contribution is -2.65. The molecule has 0 amide bonds. The first-order chi connectivity index (χ1) is 48.8. The van der Waals surface area contributed by atoms with Crippen molar-refractivity contribution in [3.05, 3.63) is 269 Å². The molecule has 0 spiro atoms. The molecule has 0 radical (unpaired) electrons. The fourth-order valence-corrected chi connectivity index (χ4v) is 17.0. The van der Waals surface area contributed by atoms with E-state index in [2.05, 4.69) is 387 Å². The fourth-order valence-electron chi connectivity index (χ4n) is 17.0. The second-order valence-corrected chi connectivity index (χ2v) is 36.0. The summed E-state index contributed by atoms with van der Waals surface area (Å²) < 4.78 is 7.99. The van der Waals surface area contributed by atoms with Crippen LogP contribution in [-0.4, -0.2) is 13.4 Å². The van der Waals surface area contributed by atoms with E-state index >= 15 is 0 Å². The van der Waals surface area contributed by atoms with Gasteiger partial charge in [0.2, 0.25) is 0 Å². The Kier molecular flexibility index (Phi) is 14.7. The van der Waals surface area contributed by atoms with Crippen molar-refractivity contribution in [3.8, 4) is 22.6 Å². The standard InChI is InChI=1S/C95H95B2N5O/c1-58-46-78-82-79(47-58)101-84-73(96(82)72-42-40-62(91(5,6)7)55-77(72)100(78)70-52-65(94(14,15)16)49-66(53-70)95(17,18)19)43-44-74-85(84)102(87-86(101)88(59-32-24-20-25-33-59)103-89(87)60-34-26-21-27-35-60)81-57-71(98(67-36-28-22-29-37-67)68-38-30-23-31-39-68)56-80-83(81)97(74)75-54-61(90(2,3)4)41-45-76(75)99(80)69-50-63(92(8,9)10)48-64(51-69)93(11,12)13/h20-57H,1-19H3. The highest BCUT2D eigenvalue weighted by molar-refractivity contribution is 7.03. The highest BCUT2D eigenvalue weighted by Crippen LogP contribution is 2.64. The molecule has 512 valence electrons. The number of rotatable bonds is 7. The van der Waals surface area contributed by atoms with E-state index in [9.17, 15) is 0 Å². The largest absolute Gasteiger partial charge is 0.452 e. The van der Waals surface area contributed by atoms with Gasteiger partial charge in [0.1, 0.15) is 11.4 Å². The molecule has 0 N–H and O–H groups in total. The second-order valence-electron chi connectivity index (χ2n) is 36.0. The fraction of sp³-hybridized carbons (Fsp3) is 0.263. The molecule has 8 heteroatoms. The van der Waals surface area contributed by atoms with E-state index in [0.717, 1.165) is 73.8 Å². The number of para-hydroxylation sites is 2. The van der Waals surface area contributed by atoms with Crippen LogP contribution in [0.2, 0.25) is 0 Å². The van der Waals surface area contributed by atoms with Gasteiger partial charge >= 0.3 is 0 Å². The van der Waals surface area contributed by atoms with Crippen LogP contribution in [0.4, 0.5) is 85.3 Å². The highest BCUT2D eigenvalue weighted by atomic mass is 16.3. The van der Waals surface area contributed by atoms with Gasteiger partial charge in [-0.15, -0.1) is 0 Å². The van der Waals surface area contributed by atoms with Crippen LogP contribution in [0.1, 0.15) is 164 Å². The maximum Gasteiger partial charge on any atom is 0.252 e. The number of fused-ring (bicyclic) bond motifs is 11. The molecular formula is C95H95B2N5O. The third-order valence-electron chi connectivity index (χ3n) is 22.6. The number of nitrogens with zero attached hydrogens (tertiary/aromatic N) is 5. The van der Waals surface area contributed by atoms with E-state index in [-0.39, 0.29) is 45.9 Å². The van der Waals surface area contributed by atoms with Crippen molar-refractivity contribution in [1.82, 2.24) is 0 Å².